The molecule has 0 spiro atoms. The summed E-state index contributed by atoms with van der Waals surface area (Å²) in [7, 11) is 0. The summed E-state index contributed by atoms with van der Waals surface area (Å²) in [4.78, 5) is 19.9. The van der Waals surface area contributed by atoms with E-state index in [9.17, 15) is 22.4 Å². The third-order valence-corrected chi connectivity index (χ3v) is 6.02. The molecule has 0 unspecified atom stereocenters. The van der Waals surface area contributed by atoms with Gasteiger partial charge in [-0.05, 0) is 30.5 Å². The SMILES string of the molecule is O=C(NCC1(c2cnc(C(F)F)nc2)CCC(F)(F)CC1)c1cccc(Cl)c1Cl. The third kappa shape index (κ3) is 4.80. The molecule has 1 fully saturated rings. The molecule has 1 amide bonds. The van der Waals surface area contributed by atoms with Gasteiger partial charge >= 0.3 is 0 Å². The van der Waals surface area contributed by atoms with Crippen LogP contribution in [0.5, 0.6) is 0 Å². The normalized spacial score (nSPS) is 17.9. The average molecular weight is 450 g/mol. The van der Waals surface area contributed by atoms with Crippen molar-refractivity contribution in [3.8, 4) is 0 Å². The fourth-order valence-corrected chi connectivity index (χ4v) is 3.80. The Morgan fingerprint density at radius 2 is 1.72 bits per heavy atom. The first-order valence-corrected chi connectivity index (χ1v) is 9.60. The van der Waals surface area contributed by atoms with Crippen LogP contribution in [0.2, 0.25) is 10.0 Å². The zero-order valence-electron chi connectivity index (χ0n) is 15.1. The highest BCUT2D eigenvalue weighted by Crippen LogP contribution is 2.45. The van der Waals surface area contributed by atoms with E-state index in [1.165, 1.54) is 24.5 Å². The number of nitrogens with zero attached hydrogens (tertiary/aromatic N) is 2. The summed E-state index contributed by atoms with van der Waals surface area (Å²) in [5.41, 5.74) is -0.321. The quantitative estimate of drug-likeness (QED) is 0.604. The van der Waals surface area contributed by atoms with Gasteiger partial charge in [0.1, 0.15) is 0 Å². The monoisotopic (exact) mass is 449 g/mol. The lowest BCUT2D eigenvalue weighted by Crippen LogP contribution is -2.45. The first-order chi connectivity index (χ1) is 13.6. The van der Waals surface area contributed by atoms with Crippen molar-refractivity contribution in [3.63, 3.8) is 0 Å². The zero-order chi connectivity index (χ0) is 21.2. The van der Waals surface area contributed by atoms with E-state index in [-0.39, 0.29) is 35.0 Å². The molecule has 156 valence electrons. The highest BCUT2D eigenvalue weighted by molar-refractivity contribution is 6.43. The molecule has 1 heterocycles. The van der Waals surface area contributed by atoms with Crippen LogP contribution in [0.25, 0.3) is 0 Å². The Morgan fingerprint density at radius 1 is 1.10 bits per heavy atom. The number of halogens is 6. The van der Waals surface area contributed by atoms with Gasteiger partial charge < -0.3 is 5.32 Å². The Bertz CT molecular complexity index is 884. The van der Waals surface area contributed by atoms with E-state index in [4.69, 9.17) is 23.2 Å². The van der Waals surface area contributed by atoms with Crippen LogP contribution >= 0.6 is 23.2 Å². The van der Waals surface area contributed by atoms with E-state index in [2.05, 4.69) is 15.3 Å². The van der Waals surface area contributed by atoms with Gasteiger partial charge in [0.05, 0.1) is 15.6 Å². The number of carbonyl (C=O) groups excluding carboxylic acids is 1. The van der Waals surface area contributed by atoms with E-state index < -0.39 is 42.3 Å². The van der Waals surface area contributed by atoms with Gasteiger partial charge in [0.25, 0.3) is 12.3 Å². The maximum absolute atomic E-state index is 13.7. The number of hydrogen-bond donors (Lipinski definition) is 1. The zero-order valence-corrected chi connectivity index (χ0v) is 16.6. The molecule has 0 bridgehead atoms. The maximum Gasteiger partial charge on any atom is 0.297 e. The molecule has 1 saturated carbocycles. The molecule has 10 heteroatoms. The Hall–Kier alpha value is -1.93. The Morgan fingerprint density at radius 3 is 2.31 bits per heavy atom. The molecule has 0 radical (unpaired) electrons. The van der Waals surface area contributed by atoms with Gasteiger partial charge in [0.15, 0.2) is 5.82 Å². The van der Waals surface area contributed by atoms with Crippen molar-refractivity contribution in [2.45, 2.75) is 43.4 Å². The van der Waals surface area contributed by atoms with Gasteiger partial charge in [-0.2, -0.15) is 0 Å². The van der Waals surface area contributed by atoms with E-state index >= 15 is 0 Å². The summed E-state index contributed by atoms with van der Waals surface area (Å²) in [6.45, 7) is 0.00212. The lowest BCUT2D eigenvalue weighted by atomic mass is 9.69. The molecule has 1 aromatic carbocycles. The Kier molecular flexibility index (Phi) is 6.33. The second-order valence-corrected chi connectivity index (χ2v) is 7.84. The lowest BCUT2D eigenvalue weighted by molar-refractivity contribution is -0.0517. The molecule has 4 nitrogen and oxygen atoms in total. The largest absolute Gasteiger partial charge is 0.351 e. The van der Waals surface area contributed by atoms with Gasteiger partial charge in [-0.25, -0.2) is 27.5 Å². The van der Waals surface area contributed by atoms with Gasteiger partial charge in [0, 0.05) is 37.2 Å². The molecule has 1 aliphatic carbocycles. The smallest absolute Gasteiger partial charge is 0.297 e. The number of carbonyl (C=O) groups is 1. The molecule has 1 aliphatic rings. The number of aromatic nitrogens is 2. The fraction of sp³-hybridized carbons (Fsp3) is 0.421. The van der Waals surface area contributed by atoms with E-state index in [0.29, 0.717) is 5.56 Å². The maximum atomic E-state index is 13.7. The van der Waals surface area contributed by atoms with E-state index in [0.717, 1.165) is 0 Å². The lowest BCUT2D eigenvalue weighted by Gasteiger charge is -2.40. The van der Waals surface area contributed by atoms with Crippen molar-refractivity contribution < 1.29 is 22.4 Å². The number of benzene rings is 1. The number of amides is 1. The van der Waals surface area contributed by atoms with Gasteiger partial charge in [-0.1, -0.05) is 29.3 Å². The van der Waals surface area contributed by atoms with Crippen molar-refractivity contribution in [2.75, 3.05) is 6.54 Å². The van der Waals surface area contributed by atoms with Crippen LogP contribution in [0.15, 0.2) is 30.6 Å². The van der Waals surface area contributed by atoms with E-state index in [1.807, 2.05) is 0 Å². The van der Waals surface area contributed by atoms with Crippen LogP contribution in [0.3, 0.4) is 0 Å². The van der Waals surface area contributed by atoms with E-state index in [1.54, 1.807) is 6.07 Å². The standard InChI is InChI=1S/C19H17Cl2F4N3O/c20-13-3-1-2-12(14(13)21)17(29)28-10-18(4-6-19(24,25)7-5-18)11-8-26-16(15(22)23)27-9-11/h1-3,8-9,15H,4-7,10H2,(H,28,29). The van der Waals surface area contributed by atoms with Gasteiger partial charge in [-0.15, -0.1) is 0 Å². The number of alkyl halides is 4. The molecule has 2 aromatic rings. The predicted octanol–water partition coefficient (Wildman–Crippen LogP) is 5.60. The first-order valence-electron chi connectivity index (χ1n) is 8.84. The summed E-state index contributed by atoms with van der Waals surface area (Å²) in [6.07, 6.45) is -1.09. The molecule has 0 aliphatic heterocycles. The highest BCUT2D eigenvalue weighted by atomic mass is 35.5. The van der Waals surface area contributed by atoms with Crippen molar-refractivity contribution >= 4 is 29.1 Å². The Balaban J connectivity index is 1.84. The average Bonchev–Trinajstić information content (AvgIpc) is 2.69. The van der Waals surface area contributed by atoms with Crippen LogP contribution in [0.1, 0.15) is 53.9 Å². The molecule has 0 atom stereocenters. The second kappa shape index (κ2) is 8.44. The molecular formula is C19H17Cl2F4N3O. The van der Waals surface area contributed by atoms with Crippen LogP contribution in [-0.4, -0.2) is 28.3 Å². The van der Waals surface area contributed by atoms with Crippen molar-refractivity contribution in [1.29, 1.82) is 0 Å². The van der Waals surface area contributed by atoms with Crippen LogP contribution in [0, 0.1) is 0 Å². The van der Waals surface area contributed by atoms with Crippen molar-refractivity contribution in [3.05, 3.63) is 57.6 Å². The molecule has 0 saturated heterocycles. The number of nitrogens with one attached hydrogen (secondary N) is 1. The molecule has 3 rings (SSSR count). The summed E-state index contributed by atoms with van der Waals surface area (Å²) in [6, 6.07) is 4.59. The number of hydrogen-bond acceptors (Lipinski definition) is 3. The molecular weight excluding hydrogens is 433 g/mol. The summed E-state index contributed by atoms with van der Waals surface area (Å²) in [5.74, 6) is -3.97. The highest BCUT2D eigenvalue weighted by Gasteiger charge is 2.45. The van der Waals surface area contributed by atoms with Gasteiger partial charge in [0.2, 0.25) is 5.92 Å². The molecule has 1 N–H and O–H groups in total. The minimum Gasteiger partial charge on any atom is -0.351 e. The summed E-state index contributed by atoms with van der Waals surface area (Å²) < 4.78 is 53.0. The predicted molar refractivity (Wildman–Crippen MR) is 101 cm³/mol. The summed E-state index contributed by atoms with van der Waals surface area (Å²) >= 11 is 12.0. The molecule has 29 heavy (non-hydrogen) atoms. The first kappa shape index (κ1) is 21.8. The topological polar surface area (TPSA) is 54.9 Å². The van der Waals surface area contributed by atoms with Crippen molar-refractivity contribution in [2.24, 2.45) is 0 Å². The fourth-order valence-electron chi connectivity index (χ4n) is 3.41. The number of rotatable bonds is 5. The van der Waals surface area contributed by atoms with Crippen LogP contribution in [-0.2, 0) is 5.41 Å². The minimum absolute atomic E-state index is 0.00212. The second-order valence-electron chi connectivity index (χ2n) is 7.05. The Labute approximate surface area is 174 Å². The van der Waals surface area contributed by atoms with Crippen molar-refractivity contribution in [1.82, 2.24) is 15.3 Å². The minimum atomic E-state index is -2.83. The molecule has 1 aromatic heterocycles. The summed E-state index contributed by atoms with van der Waals surface area (Å²) in [5, 5.41) is 3.00. The van der Waals surface area contributed by atoms with Gasteiger partial charge in [-0.3, -0.25) is 4.79 Å². The van der Waals surface area contributed by atoms with Crippen LogP contribution < -0.4 is 5.32 Å². The van der Waals surface area contributed by atoms with Crippen LogP contribution in [0.4, 0.5) is 17.6 Å². The third-order valence-electron chi connectivity index (χ3n) is 5.20.